The lowest BCUT2D eigenvalue weighted by Crippen LogP contribution is -2.40. The third-order valence-electron chi connectivity index (χ3n) is 3.11. The summed E-state index contributed by atoms with van der Waals surface area (Å²) in [4.78, 5) is 11.6. The Kier molecular flexibility index (Phi) is 8.76. The Balaban J connectivity index is 3.87. The van der Waals surface area contributed by atoms with Crippen LogP contribution in [-0.2, 0) is 4.79 Å². The van der Waals surface area contributed by atoms with Gasteiger partial charge in [0.05, 0.1) is 0 Å². The van der Waals surface area contributed by atoms with E-state index in [-0.39, 0.29) is 10.7 Å². The first-order valence-electron chi connectivity index (χ1n) is 6.16. The first kappa shape index (κ1) is 15.8. The second kappa shape index (κ2) is 8.88. The quantitative estimate of drug-likeness (QED) is 0.612. The number of carbonyl (C=O) groups is 1. The molecule has 0 fully saturated rings. The van der Waals surface area contributed by atoms with Gasteiger partial charge in [-0.05, 0) is 25.6 Å². The van der Waals surface area contributed by atoms with Gasteiger partial charge in [0, 0.05) is 24.3 Å². The van der Waals surface area contributed by atoms with E-state index in [9.17, 15) is 4.79 Å². The van der Waals surface area contributed by atoms with Crippen molar-refractivity contribution in [1.29, 1.82) is 0 Å². The third kappa shape index (κ3) is 5.75. The lowest BCUT2D eigenvalue weighted by Gasteiger charge is -2.29. The number of hydrogen-bond acceptors (Lipinski definition) is 3. The standard InChI is InChI=1S/C12H26N2OS/c1-5-12(6-2,16-4)10-14-11(15)8-9-13-7-3/h13H,5-10H2,1-4H3,(H,14,15). The van der Waals surface area contributed by atoms with Crippen molar-refractivity contribution >= 4 is 17.7 Å². The number of nitrogens with one attached hydrogen (secondary N) is 2. The van der Waals surface area contributed by atoms with Gasteiger partial charge in [-0.15, -0.1) is 0 Å². The molecule has 96 valence electrons. The highest BCUT2D eigenvalue weighted by atomic mass is 32.2. The summed E-state index contributed by atoms with van der Waals surface area (Å²) in [5.74, 6) is 0.154. The number of hydrogen-bond donors (Lipinski definition) is 2. The Morgan fingerprint density at radius 3 is 2.31 bits per heavy atom. The molecular weight excluding hydrogens is 220 g/mol. The number of carbonyl (C=O) groups excluding carboxylic acids is 1. The molecule has 0 aromatic carbocycles. The van der Waals surface area contributed by atoms with Gasteiger partial charge in [-0.2, -0.15) is 11.8 Å². The van der Waals surface area contributed by atoms with Crippen LogP contribution in [0.15, 0.2) is 0 Å². The average molecular weight is 246 g/mol. The molecule has 0 aliphatic rings. The minimum absolute atomic E-state index is 0.154. The van der Waals surface area contributed by atoms with Crippen LogP contribution in [-0.4, -0.2) is 36.5 Å². The summed E-state index contributed by atoms with van der Waals surface area (Å²) in [6.45, 7) is 8.89. The Hall–Kier alpha value is -0.220. The normalized spacial score (nSPS) is 11.5. The van der Waals surface area contributed by atoms with Crippen LogP contribution in [0, 0.1) is 0 Å². The van der Waals surface area contributed by atoms with Crippen molar-refractivity contribution in [2.24, 2.45) is 0 Å². The largest absolute Gasteiger partial charge is 0.355 e. The molecule has 0 saturated heterocycles. The molecule has 0 bridgehead atoms. The van der Waals surface area contributed by atoms with Crippen LogP contribution in [0.3, 0.4) is 0 Å². The maximum Gasteiger partial charge on any atom is 0.221 e. The number of thioether (sulfide) groups is 1. The van der Waals surface area contributed by atoms with Crippen LogP contribution in [0.1, 0.15) is 40.0 Å². The fourth-order valence-corrected chi connectivity index (χ4v) is 2.38. The van der Waals surface area contributed by atoms with Gasteiger partial charge in [0.25, 0.3) is 0 Å². The zero-order valence-corrected chi connectivity index (χ0v) is 11.9. The molecule has 16 heavy (non-hydrogen) atoms. The molecule has 0 aromatic heterocycles. The Morgan fingerprint density at radius 2 is 1.88 bits per heavy atom. The summed E-state index contributed by atoms with van der Waals surface area (Å²) in [7, 11) is 0. The van der Waals surface area contributed by atoms with Crippen LogP contribution < -0.4 is 10.6 Å². The van der Waals surface area contributed by atoms with Crippen LogP contribution in [0.4, 0.5) is 0 Å². The molecule has 0 radical (unpaired) electrons. The van der Waals surface area contributed by atoms with Gasteiger partial charge in [-0.3, -0.25) is 4.79 Å². The molecule has 0 unspecified atom stereocenters. The van der Waals surface area contributed by atoms with Crippen molar-refractivity contribution in [3.05, 3.63) is 0 Å². The van der Waals surface area contributed by atoms with Crippen molar-refractivity contribution in [3.63, 3.8) is 0 Å². The molecule has 0 rings (SSSR count). The van der Waals surface area contributed by atoms with Gasteiger partial charge in [0.2, 0.25) is 5.91 Å². The van der Waals surface area contributed by atoms with E-state index in [1.165, 1.54) is 0 Å². The van der Waals surface area contributed by atoms with Gasteiger partial charge >= 0.3 is 0 Å². The summed E-state index contributed by atoms with van der Waals surface area (Å²) >= 11 is 1.86. The maximum atomic E-state index is 11.6. The fraction of sp³-hybridized carbons (Fsp3) is 0.917. The summed E-state index contributed by atoms with van der Waals surface area (Å²) in [6.07, 6.45) is 4.89. The number of rotatable bonds is 9. The van der Waals surface area contributed by atoms with E-state index in [0.29, 0.717) is 6.42 Å². The topological polar surface area (TPSA) is 41.1 Å². The minimum atomic E-state index is 0.154. The highest BCUT2D eigenvalue weighted by Gasteiger charge is 2.25. The van der Waals surface area contributed by atoms with Crippen molar-refractivity contribution in [1.82, 2.24) is 10.6 Å². The van der Waals surface area contributed by atoms with Crippen LogP contribution in [0.5, 0.6) is 0 Å². The Morgan fingerprint density at radius 1 is 1.25 bits per heavy atom. The maximum absolute atomic E-state index is 11.6. The van der Waals surface area contributed by atoms with E-state index in [1.54, 1.807) is 0 Å². The van der Waals surface area contributed by atoms with Gasteiger partial charge < -0.3 is 10.6 Å². The lowest BCUT2D eigenvalue weighted by atomic mass is 10.0. The average Bonchev–Trinajstić information content (AvgIpc) is 2.32. The van der Waals surface area contributed by atoms with Gasteiger partial charge in [0.1, 0.15) is 0 Å². The molecule has 0 spiro atoms. The van der Waals surface area contributed by atoms with Crippen molar-refractivity contribution in [3.8, 4) is 0 Å². The van der Waals surface area contributed by atoms with E-state index in [1.807, 2.05) is 18.7 Å². The van der Waals surface area contributed by atoms with Gasteiger partial charge in [-0.1, -0.05) is 20.8 Å². The second-order valence-corrected chi connectivity index (χ2v) is 5.25. The van der Waals surface area contributed by atoms with Gasteiger partial charge in [0.15, 0.2) is 0 Å². The highest BCUT2D eigenvalue weighted by Crippen LogP contribution is 2.29. The van der Waals surface area contributed by atoms with E-state index in [0.717, 1.165) is 32.5 Å². The van der Waals surface area contributed by atoms with E-state index in [4.69, 9.17) is 0 Å². The number of amides is 1. The molecule has 0 aliphatic carbocycles. The van der Waals surface area contributed by atoms with E-state index >= 15 is 0 Å². The monoisotopic (exact) mass is 246 g/mol. The predicted molar refractivity (Wildman–Crippen MR) is 73.0 cm³/mol. The molecule has 1 amide bonds. The Labute approximate surface area is 104 Å². The summed E-state index contributed by atoms with van der Waals surface area (Å²) < 4.78 is 0.216. The summed E-state index contributed by atoms with van der Waals surface area (Å²) in [5.41, 5.74) is 0. The van der Waals surface area contributed by atoms with E-state index < -0.39 is 0 Å². The first-order valence-corrected chi connectivity index (χ1v) is 7.39. The third-order valence-corrected chi connectivity index (χ3v) is 4.70. The predicted octanol–water partition coefficient (Wildman–Crippen LogP) is 2.02. The minimum Gasteiger partial charge on any atom is -0.355 e. The van der Waals surface area contributed by atoms with Crippen LogP contribution >= 0.6 is 11.8 Å². The van der Waals surface area contributed by atoms with Crippen molar-refractivity contribution < 1.29 is 4.79 Å². The van der Waals surface area contributed by atoms with Crippen LogP contribution in [0.25, 0.3) is 0 Å². The van der Waals surface area contributed by atoms with E-state index in [2.05, 4.69) is 30.7 Å². The molecular formula is C12H26N2OS. The molecule has 3 nitrogen and oxygen atoms in total. The van der Waals surface area contributed by atoms with Crippen molar-refractivity contribution in [2.45, 2.75) is 44.8 Å². The molecule has 0 aromatic rings. The van der Waals surface area contributed by atoms with Gasteiger partial charge in [-0.25, -0.2) is 0 Å². The summed E-state index contributed by atoms with van der Waals surface area (Å²) in [6, 6.07) is 0. The smallest absolute Gasteiger partial charge is 0.221 e. The van der Waals surface area contributed by atoms with Crippen LogP contribution in [0.2, 0.25) is 0 Å². The molecule has 2 N–H and O–H groups in total. The zero-order chi connectivity index (χ0) is 12.4. The molecule has 0 atom stereocenters. The molecule has 0 aliphatic heterocycles. The fourth-order valence-electron chi connectivity index (χ4n) is 1.59. The Bertz CT molecular complexity index is 185. The SMILES string of the molecule is CCNCCC(=O)NCC(CC)(CC)SC. The summed E-state index contributed by atoms with van der Waals surface area (Å²) in [5, 5.41) is 6.19. The highest BCUT2D eigenvalue weighted by molar-refractivity contribution is 8.00. The zero-order valence-electron chi connectivity index (χ0n) is 11.1. The molecule has 4 heteroatoms. The lowest BCUT2D eigenvalue weighted by molar-refractivity contribution is -0.121. The molecule has 0 heterocycles. The molecule has 0 saturated carbocycles. The first-order chi connectivity index (χ1) is 7.64. The second-order valence-electron chi connectivity index (χ2n) is 3.97. The van der Waals surface area contributed by atoms with Crippen molar-refractivity contribution in [2.75, 3.05) is 25.9 Å².